The number of sulfonamides is 1. The zero-order valence-corrected chi connectivity index (χ0v) is 14.2. The molecular formula is C14H20ClNO5S. The normalized spacial score (nSPS) is 18.1. The van der Waals surface area contributed by atoms with E-state index in [-0.39, 0.29) is 16.5 Å². The summed E-state index contributed by atoms with van der Waals surface area (Å²) >= 11 is 5.96. The maximum Gasteiger partial charge on any atom is 0.240 e. The Morgan fingerprint density at radius 1 is 1.36 bits per heavy atom. The zero-order chi connectivity index (χ0) is 16.2. The summed E-state index contributed by atoms with van der Waals surface area (Å²) in [4.78, 5) is 0.0916. The molecular weight excluding hydrogens is 330 g/mol. The van der Waals surface area contributed by atoms with Crippen LogP contribution in [0, 0.1) is 0 Å². The van der Waals surface area contributed by atoms with Crippen molar-refractivity contribution in [1.82, 2.24) is 4.72 Å². The molecule has 1 aliphatic rings. The molecule has 6 nitrogen and oxygen atoms in total. The fourth-order valence-corrected chi connectivity index (χ4v) is 3.51. The van der Waals surface area contributed by atoms with Gasteiger partial charge in [-0.2, -0.15) is 0 Å². The topological polar surface area (TPSA) is 73.9 Å². The first kappa shape index (κ1) is 17.5. The van der Waals surface area contributed by atoms with E-state index < -0.39 is 15.8 Å². The van der Waals surface area contributed by atoms with Gasteiger partial charge in [0, 0.05) is 13.0 Å². The second-order valence-corrected chi connectivity index (χ2v) is 7.30. The van der Waals surface area contributed by atoms with Crippen LogP contribution in [0.4, 0.5) is 0 Å². The van der Waals surface area contributed by atoms with Gasteiger partial charge < -0.3 is 14.2 Å². The number of rotatable bonds is 6. The monoisotopic (exact) mass is 349 g/mol. The van der Waals surface area contributed by atoms with Crippen LogP contribution in [0.2, 0.25) is 5.02 Å². The van der Waals surface area contributed by atoms with Gasteiger partial charge in [0.05, 0.1) is 30.2 Å². The summed E-state index contributed by atoms with van der Waals surface area (Å²) in [6.45, 7) is 3.27. The molecule has 22 heavy (non-hydrogen) atoms. The third-order valence-electron chi connectivity index (χ3n) is 3.41. The first-order valence-electron chi connectivity index (χ1n) is 6.97. The van der Waals surface area contributed by atoms with Crippen LogP contribution in [-0.4, -0.2) is 41.1 Å². The maximum atomic E-state index is 12.2. The summed E-state index contributed by atoms with van der Waals surface area (Å²) in [6, 6.07) is 4.33. The number of nitrogens with one attached hydrogen (secondary N) is 1. The highest BCUT2D eigenvalue weighted by atomic mass is 35.5. The van der Waals surface area contributed by atoms with Gasteiger partial charge in [0.15, 0.2) is 5.79 Å². The van der Waals surface area contributed by atoms with Gasteiger partial charge in [0.1, 0.15) is 5.75 Å². The second-order valence-electron chi connectivity index (χ2n) is 5.13. The summed E-state index contributed by atoms with van der Waals surface area (Å²) in [6.07, 6.45) is 1.28. The van der Waals surface area contributed by atoms with E-state index in [9.17, 15) is 8.42 Å². The van der Waals surface area contributed by atoms with Crippen molar-refractivity contribution in [2.75, 3.05) is 26.9 Å². The average molecular weight is 350 g/mol. The van der Waals surface area contributed by atoms with E-state index in [0.717, 1.165) is 6.42 Å². The molecule has 1 fully saturated rings. The van der Waals surface area contributed by atoms with Crippen LogP contribution in [0.5, 0.6) is 5.75 Å². The van der Waals surface area contributed by atoms with Crippen molar-refractivity contribution >= 4 is 21.6 Å². The Morgan fingerprint density at radius 3 is 2.64 bits per heavy atom. The molecule has 0 radical (unpaired) electrons. The van der Waals surface area contributed by atoms with Gasteiger partial charge in [-0.05, 0) is 31.5 Å². The Bertz CT molecular complexity index is 614. The smallest absolute Gasteiger partial charge is 0.240 e. The summed E-state index contributed by atoms with van der Waals surface area (Å²) in [5, 5.41) is 0.247. The number of hydrogen-bond donors (Lipinski definition) is 1. The average Bonchev–Trinajstić information content (AvgIpc) is 2.47. The third-order valence-corrected chi connectivity index (χ3v) is 5.16. The lowest BCUT2D eigenvalue weighted by Crippen LogP contribution is -2.40. The summed E-state index contributed by atoms with van der Waals surface area (Å²) in [7, 11) is -2.17. The highest BCUT2D eigenvalue weighted by Crippen LogP contribution is 2.27. The van der Waals surface area contributed by atoms with Crippen molar-refractivity contribution in [1.29, 1.82) is 0 Å². The van der Waals surface area contributed by atoms with Crippen molar-refractivity contribution in [2.24, 2.45) is 0 Å². The predicted molar refractivity (Wildman–Crippen MR) is 82.7 cm³/mol. The molecule has 0 aromatic heterocycles. The molecule has 0 aliphatic carbocycles. The van der Waals surface area contributed by atoms with Gasteiger partial charge >= 0.3 is 0 Å². The SMILES string of the molecule is COc1ccc(S(=O)(=O)NCCC2(C)OCCCO2)cc1Cl. The molecule has 0 saturated carbocycles. The minimum atomic E-state index is -3.64. The number of ether oxygens (including phenoxy) is 3. The van der Waals surface area contributed by atoms with Gasteiger partial charge in [0.2, 0.25) is 10.0 Å². The zero-order valence-electron chi connectivity index (χ0n) is 12.6. The molecule has 1 aliphatic heterocycles. The van der Waals surface area contributed by atoms with Crippen LogP contribution in [0.15, 0.2) is 23.1 Å². The molecule has 8 heteroatoms. The van der Waals surface area contributed by atoms with E-state index in [4.69, 9.17) is 25.8 Å². The molecule has 1 N–H and O–H groups in total. The van der Waals surface area contributed by atoms with Gasteiger partial charge in [-0.1, -0.05) is 11.6 Å². The highest BCUT2D eigenvalue weighted by Gasteiger charge is 2.29. The van der Waals surface area contributed by atoms with E-state index in [0.29, 0.717) is 25.4 Å². The highest BCUT2D eigenvalue weighted by molar-refractivity contribution is 7.89. The number of hydrogen-bond acceptors (Lipinski definition) is 5. The van der Waals surface area contributed by atoms with E-state index >= 15 is 0 Å². The Labute approximate surface area is 135 Å². The molecule has 0 spiro atoms. The molecule has 1 aromatic rings. The molecule has 0 unspecified atom stereocenters. The van der Waals surface area contributed by atoms with Crippen LogP contribution < -0.4 is 9.46 Å². The molecule has 1 saturated heterocycles. The fraction of sp³-hybridized carbons (Fsp3) is 0.571. The Morgan fingerprint density at radius 2 is 2.05 bits per heavy atom. The lowest BCUT2D eigenvalue weighted by Gasteiger charge is -2.33. The minimum absolute atomic E-state index is 0.0916. The maximum absolute atomic E-state index is 12.2. The Balaban J connectivity index is 1.97. The largest absolute Gasteiger partial charge is 0.495 e. The summed E-state index contributed by atoms with van der Waals surface area (Å²) in [5.74, 6) is -0.310. The Hall–Kier alpha value is -0.860. The fourth-order valence-electron chi connectivity index (χ4n) is 2.13. The number of methoxy groups -OCH3 is 1. The molecule has 124 valence electrons. The van der Waals surface area contributed by atoms with Crippen molar-refractivity contribution in [3.63, 3.8) is 0 Å². The number of halogens is 1. The van der Waals surface area contributed by atoms with E-state index in [1.54, 1.807) is 0 Å². The molecule has 0 atom stereocenters. The van der Waals surface area contributed by atoms with Crippen LogP contribution in [0.3, 0.4) is 0 Å². The lowest BCUT2D eigenvalue weighted by molar-refractivity contribution is -0.257. The number of benzene rings is 1. The van der Waals surface area contributed by atoms with Crippen LogP contribution in [0.1, 0.15) is 19.8 Å². The van der Waals surface area contributed by atoms with E-state index in [1.807, 2.05) is 6.92 Å². The lowest BCUT2D eigenvalue weighted by atomic mass is 10.2. The first-order chi connectivity index (χ1) is 10.4. The summed E-state index contributed by atoms with van der Waals surface area (Å²) in [5.41, 5.74) is 0. The Kier molecular flexibility index (Phi) is 5.68. The standard InChI is InChI=1S/C14H20ClNO5S/c1-14(20-8-3-9-21-14)6-7-16-22(17,18)11-4-5-13(19-2)12(15)10-11/h4-5,10,16H,3,6-9H2,1-2H3. The summed E-state index contributed by atoms with van der Waals surface area (Å²) < 4.78 is 43.1. The van der Waals surface area contributed by atoms with Gasteiger partial charge in [-0.25, -0.2) is 13.1 Å². The van der Waals surface area contributed by atoms with Crippen LogP contribution in [0.25, 0.3) is 0 Å². The van der Waals surface area contributed by atoms with Gasteiger partial charge in [0.25, 0.3) is 0 Å². The molecule has 0 bridgehead atoms. The third kappa shape index (κ3) is 4.33. The van der Waals surface area contributed by atoms with E-state index in [1.165, 1.54) is 25.3 Å². The molecule has 0 amide bonds. The van der Waals surface area contributed by atoms with Crippen LogP contribution in [-0.2, 0) is 19.5 Å². The quantitative estimate of drug-likeness (QED) is 0.852. The van der Waals surface area contributed by atoms with Crippen molar-refractivity contribution in [3.05, 3.63) is 23.2 Å². The van der Waals surface area contributed by atoms with E-state index in [2.05, 4.69) is 4.72 Å². The predicted octanol–water partition coefficient (Wildman–Crippen LogP) is 2.17. The first-order valence-corrected chi connectivity index (χ1v) is 8.83. The molecule has 1 heterocycles. The molecule has 1 aromatic carbocycles. The van der Waals surface area contributed by atoms with Gasteiger partial charge in [-0.3, -0.25) is 0 Å². The van der Waals surface area contributed by atoms with Crippen molar-refractivity contribution in [2.45, 2.75) is 30.4 Å². The molecule has 2 rings (SSSR count). The van der Waals surface area contributed by atoms with Gasteiger partial charge in [-0.15, -0.1) is 0 Å². The second kappa shape index (κ2) is 7.14. The van der Waals surface area contributed by atoms with Crippen molar-refractivity contribution in [3.8, 4) is 5.75 Å². The van der Waals surface area contributed by atoms with Crippen LogP contribution >= 0.6 is 11.6 Å². The minimum Gasteiger partial charge on any atom is -0.495 e. The van der Waals surface area contributed by atoms with Crippen molar-refractivity contribution < 1.29 is 22.6 Å².